The minimum Gasteiger partial charge on any atom is -0.352 e. The molecule has 1 heterocycles. The highest BCUT2D eigenvalue weighted by Gasteiger charge is 2.25. The summed E-state index contributed by atoms with van der Waals surface area (Å²) in [5.74, 6) is 0.193. The Morgan fingerprint density at radius 3 is 2.52 bits per heavy atom. The number of amides is 1. The van der Waals surface area contributed by atoms with Crippen molar-refractivity contribution in [3.05, 3.63) is 59.2 Å². The van der Waals surface area contributed by atoms with Crippen molar-refractivity contribution in [3.8, 4) is 0 Å². The summed E-state index contributed by atoms with van der Waals surface area (Å²) in [6, 6.07) is 12.7. The molecule has 0 aliphatic carbocycles. The third-order valence-electron chi connectivity index (χ3n) is 6.39. The maximum Gasteiger partial charge on any atom is 0.261 e. The molecule has 1 fully saturated rings. The number of sulfonamides is 1. The number of aryl methyl sites for hydroxylation is 2. The molecule has 0 saturated carbocycles. The average Bonchev–Trinajstić information content (AvgIpc) is 3.26. The van der Waals surface area contributed by atoms with Crippen molar-refractivity contribution in [2.45, 2.75) is 64.3 Å². The highest BCUT2D eigenvalue weighted by molar-refractivity contribution is 7.92. The first-order valence-electron chi connectivity index (χ1n) is 11.9. The Morgan fingerprint density at radius 2 is 1.88 bits per heavy atom. The van der Waals surface area contributed by atoms with Crippen LogP contribution < -0.4 is 10.0 Å². The molecule has 1 aliphatic heterocycles. The lowest BCUT2D eigenvalue weighted by atomic mass is 10.1. The van der Waals surface area contributed by atoms with Crippen LogP contribution in [0.1, 0.15) is 61.5 Å². The molecule has 3 rings (SSSR count). The van der Waals surface area contributed by atoms with E-state index in [1.165, 1.54) is 11.6 Å². The zero-order chi connectivity index (χ0) is 24.0. The first-order valence-corrected chi connectivity index (χ1v) is 13.4. The Kier molecular flexibility index (Phi) is 8.54. The number of benzene rings is 2. The van der Waals surface area contributed by atoms with Crippen LogP contribution in [0.4, 0.5) is 5.69 Å². The van der Waals surface area contributed by atoms with Gasteiger partial charge in [0.05, 0.1) is 4.90 Å². The van der Waals surface area contributed by atoms with E-state index in [1.807, 2.05) is 19.1 Å². The SMILES string of the molecule is CCCCc1ccc(NS(=O)(=O)c2ccc(C)c(C(=O)NCC3CCN(C(C)C)C3)c2)cc1. The van der Waals surface area contributed by atoms with Crippen molar-refractivity contribution in [1.82, 2.24) is 10.2 Å². The summed E-state index contributed by atoms with van der Waals surface area (Å²) < 4.78 is 28.6. The maximum atomic E-state index is 13.0. The van der Waals surface area contributed by atoms with E-state index in [0.717, 1.165) is 44.3 Å². The van der Waals surface area contributed by atoms with E-state index in [4.69, 9.17) is 0 Å². The summed E-state index contributed by atoms with van der Waals surface area (Å²) in [5, 5.41) is 3.01. The van der Waals surface area contributed by atoms with Crippen LogP contribution in [0.25, 0.3) is 0 Å². The van der Waals surface area contributed by atoms with Crippen LogP contribution in [0, 0.1) is 12.8 Å². The Balaban J connectivity index is 1.66. The quantitative estimate of drug-likeness (QED) is 0.531. The molecule has 33 heavy (non-hydrogen) atoms. The molecule has 0 radical (unpaired) electrons. The van der Waals surface area contributed by atoms with E-state index in [9.17, 15) is 13.2 Å². The number of likely N-dealkylation sites (tertiary alicyclic amines) is 1. The highest BCUT2D eigenvalue weighted by atomic mass is 32.2. The third kappa shape index (κ3) is 6.81. The Morgan fingerprint density at radius 1 is 1.15 bits per heavy atom. The molecular weight excluding hydrogens is 434 g/mol. The topological polar surface area (TPSA) is 78.5 Å². The summed E-state index contributed by atoms with van der Waals surface area (Å²) in [7, 11) is -3.80. The molecular formula is C26H37N3O3S. The fourth-order valence-corrected chi connectivity index (χ4v) is 5.26. The highest BCUT2D eigenvalue weighted by Crippen LogP contribution is 2.21. The molecule has 2 N–H and O–H groups in total. The molecule has 2 aromatic rings. The molecule has 0 aromatic heterocycles. The predicted octanol–water partition coefficient (Wildman–Crippen LogP) is 4.60. The van der Waals surface area contributed by atoms with Crippen LogP contribution in [-0.4, -0.2) is 44.9 Å². The summed E-state index contributed by atoms with van der Waals surface area (Å²) in [6.45, 7) is 11.0. The van der Waals surface area contributed by atoms with Gasteiger partial charge in [-0.05, 0) is 87.9 Å². The van der Waals surface area contributed by atoms with Crippen molar-refractivity contribution in [1.29, 1.82) is 0 Å². The molecule has 1 amide bonds. The van der Waals surface area contributed by atoms with Crippen molar-refractivity contribution < 1.29 is 13.2 Å². The normalized spacial score (nSPS) is 16.8. The second-order valence-corrected chi connectivity index (χ2v) is 11.0. The van der Waals surface area contributed by atoms with Crippen molar-refractivity contribution in [3.63, 3.8) is 0 Å². The molecule has 7 heteroatoms. The average molecular weight is 472 g/mol. The van der Waals surface area contributed by atoms with Crippen LogP contribution in [0.5, 0.6) is 0 Å². The molecule has 1 unspecified atom stereocenters. The molecule has 2 aromatic carbocycles. The number of hydrogen-bond donors (Lipinski definition) is 2. The van der Waals surface area contributed by atoms with Crippen molar-refractivity contribution >= 4 is 21.6 Å². The number of nitrogens with one attached hydrogen (secondary N) is 2. The van der Waals surface area contributed by atoms with E-state index in [1.54, 1.807) is 24.3 Å². The monoisotopic (exact) mass is 471 g/mol. The first kappa shape index (κ1) is 25.2. The number of nitrogens with zero attached hydrogens (tertiary/aromatic N) is 1. The molecule has 1 aliphatic rings. The molecule has 0 bridgehead atoms. The van der Waals surface area contributed by atoms with E-state index in [2.05, 4.69) is 35.7 Å². The van der Waals surface area contributed by atoms with Crippen molar-refractivity contribution in [2.75, 3.05) is 24.4 Å². The Bertz CT molecular complexity index is 1050. The van der Waals surface area contributed by atoms with Gasteiger partial charge in [0.15, 0.2) is 0 Å². The van der Waals surface area contributed by atoms with Gasteiger partial charge >= 0.3 is 0 Å². The summed E-state index contributed by atoms with van der Waals surface area (Å²) in [4.78, 5) is 15.4. The largest absolute Gasteiger partial charge is 0.352 e. The second-order valence-electron chi connectivity index (χ2n) is 9.34. The van der Waals surface area contributed by atoms with Gasteiger partial charge in [0.25, 0.3) is 15.9 Å². The molecule has 0 spiro atoms. The lowest BCUT2D eigenvalue weighted by Gasteiger charge is -2.20. The van der Waals surface area contributed by atoms with Crippen LogP contribution in [0.15, 0.2) is 47.4 Å². The van der Waals surface area contributed by atoms with Gasteiger partial charge in [-0.2, -0.15) is 0 Å². The molecule has 6 nitrogen and oxygen atoms in total. The second kappa shape index (κ2) is 11.2. The minimum atomic E-state index is -3.80. The Hall–Kier alpha value is -2.38. The lowest BCUT2D eigenvalue weighted by molar-refractivity contribution is 0.0946. The minimum absolute atomic E-state index is 0.0835. The summed E-state index contributed by atoms with van der Waals surface area (Å²) in [5.41, 5.74) is 2.85. The lowest BCUT2D eigenvalue weighted by Crippen LogP contribution is -2.33. The van der Waals surface area contributed by atoms with E-state index in [-0.39, 0.29) is 10.8 Å². The summed E-state index contributed by atoms with van der Waals surface area (Å²) in [6.07, 6.45) is 4.27. The number of hydrogen-bond acceptors (Lipinski definition) is 4. The number of anilines is 1. The van der Waals surface area contributed by atoms with Gasteiger partial charge in [-0.1, -0.05) is 31.5 Å². The van der Waals surface area contributed by atoms with Crippen LogP contribution >= 0.6 is 0 Å². The number of carbonyl (C=O) groups excluding carboxylic acids is 1. The van der Waals surface area contributed by atoms with Gasteiger partial charge in [-0.3, -0.25) is 9.52 Å². The fourth-order valence-electron chi connectivity index (χ4n) is 4.18. The zero-order valence-corrected chi connectivity index (χ0v) is 21.0. The van der Waals surface area contributed by atoms with E-state index in [0.29, 0.717) is 29.8 Å². The van der Waals surface area contributed by atoms with Crippen molar-refractivity contribution in [2.24, 2.45) is 5.92 Å². The Labute approximate surface area is 198 Å². The number of carbonyl (C=O) groups is 1. The molecule has 1 atom stereocenters. The van der Waals surface area contributed by atoms with Gasteiger partial charge in [-0.25, -0.2) is 8.42 Å². The van der Waals surface area contributed by atoms with Crippen LogP contribution in [0.3, 0.4) is 0 Å². The molecule has 1 saturated heterocycles. The van der Waals surface area contributed by atoms with Crippen LogP contribution in [-0.2, 0) is 16.4 Å². The number of unbranched alkanes of at least 4 members (excludes halogenated alkanes) is 1. The number of rotatable bonds is 10. The predicted molar refractivity (Wildman–Crippen MR) is 134 cm³/mol. The summed E-state index contributed by atoms with van der Waals surface area (Å²) >= 11 is 0. The fraction of sp³-hybridized carbons (Fsp3) is 0.500. The van der Waals surface area contributed by atoms with Gasteiger partial charge in [0.2, 0.25) is 0 Å². The van der Waals surface area contributed by atoms with E-state index < -0.39 is 10.0 Å². The molecule has 180 valence electrons. The smallest absolute Gasteiger partial charge is 0.261 e. The third-order valence-corrected chi connectivity index (χ3v) is 7.77. The van der Waals surface area contributed by atoms with E-state index >= 15 is 0 Å². The zero-order valence-electron chi connectivity index (χ0n) is 20.2. The standard InChI is InChI=1S/C26H37N3O3S/c1-5-6-7-21-9-11-23(12-10-21)28-33(31,32)24-13-8-20(4)25(16-24)26(30)27-17-22-14-15-29(18-22)19(2)3/h8-13,16,19,22,28H,5-7,14-15,17-18H2,1-4H3,(H,27,30). The van der Waals surface area contributed by atoms with Gasteiger partial charge in [0, 0.05) is 30.4 Å². The van der Waals surface area contributed by atoms with Gasteiger partial charge in [-0.15, -0.1) is 0 Å². The van der Waals surface area contributed by atoms with Gasteiger partial charge in [0.1, 0.15) is 0 Å². The first-order chi connectivity index (χ1) is 15.7. The van der Waals surface area contributed by atoms with Crippen LogP contribution in [0.2, 0.25) is 0 Å². The maximum absolute atomic E-state index is 13.0. The van der Waals surface area contributed by atoms with Gasteiger partial charge < -0.3 is 10.2 Å².